The van der Waals surface area contributed by atoms with Crippen LogP contribution < -0.4 is 0 Å². The maximum Gasteiger partial charge on any atom is 0.132 e. The Labute approximate surface area is 144 Å². The van der Waals surface area contributed by atoms with Crippen LogP contribution in [0.5, 0.6) is 0 Å². The van der Waals surface area contributed by atoms with Gasteiger partial charge in [-0.2, -0.15) is 5.10 Å². The molecule has 0 atom stereocenters. The second kappa shape index (κ2) is 7.70. The molecule has 0 amide bonds. The molecule has 0 aliphatic carbocycles. The molecule has 0 radical (unpaired) electrons. The predicted octanol–water partition coefficient (Wildman–Crippen LogP) is 3.28. The summed E-state index contributed by atoms with van der Waals surface area (Å²) < 4.78 is 15.9. The van der Waals surface area contributed by atoms with Gasteiger partial charge in [-0.25, -0.2) is 4.39 Å². The Kier molecular flexibility index (Phi) is 5.40. The summed E-state index contributed by atoms with van der Waals surface area (Å²) in [5, 5.41) is 15.8. The molecule has 0 saturated carbocycles. The van der Waals surface area contributed by atoms with Crippen LogP contribution in [0, 0.1) is 5.82 Å². The molecular formula is C18H20FN3OS. The fourth-order valence-corrected chi connectivity index (χ4v) is 3.50. The fourth-order valence-electron chi connectivity index (χ4n) is 2.75. The van der Waals surface area contributed by atoms with Crippen molar-refractivity contribution in [1.29, 1.82) is 0 Å². The monoisotopic (exact) mass is 345 g/mol. The Balaban J connectivity index is 1.87. The van der Waals surface area contributed by atoms with Gasteiger partial charge in [0.05, 0.1) is 12.3 Å². The van der Waals surface area contributed by atoms with Crippen LogP contribution in [0.25, 0.3) is 11.3 Å². The smallest absolute Gasteiger partial charge is 0.132 e. The summed E-state index contributed by atoms with van der Waals surface area (Å²) in [7, 11) is 1.84. The van der Waals surface area contributed by atoms with Crippen molar-refractivity contribution < 1.29 is 9.50 Å². The average molecular weight is 345 g/mol. The van der Waals surface area contributed by atoms with Gasteiger partial charge in [0.15, 0.2) is 0 Å². The van der Waals surface area contributed by atoms with Crippen molar-refractivity contribution in [3.8, 4) is 11.3 Å². The molecule has 0 fully saturated rings. The topological polar surface area (TPSA) is 41.3 Å². The van der Waals surface area contributed by atoms with Crippen LogP contribution in [0.4, 0.5) is 4.39 Å². The van der Waals surface area contributed by atoms with Gasteiger partial charge in [-0.05, 0) is 23.6 Å². The van der Waals surface area contributed by atoms with Gasteiger partial charge >= 0.3 is 0 Å². The van der Waals surface area contributed by atoms with Gasteiger partial charge in [0.2, 0.25) is 0 Å². The van der Waals surface area contributed by atoms with E-state index in [2.05, 4.69) is 16.1 Å². The minimum absolute atomic E-state index is 0.0840. The quantitative estimate of drug-likeness (QED) is 0.714. The molecule has 0 aliphatic heterocycles. The van der Waals surface area contributed by atoms with Crippen molar-refractivity contribution >= 4 is 11.3 Å². The zero-order valence-electron chi connectivity index (χ0n) is 13.5. The van der Waals surface area contributed by atoms with Crippen molar-refractivity contribution in [2.75, 3.05) is 13.2 Å². The first-order chi connectivity index (χ1) is 11.7. The molecule has 24 heavy (non-hydrogen) atoms. The summed E-state index contributed by atoms with van der Waals surface area (Å²) in [6.45, 7) is 2.00. The second-order valence-corrected chi connectivity index (χ2v) is 6.70. The molecule has 1 aromatic carbocycles. The predicted molar refractivity (Wildman–Crippen MR) is 94.1 cm³/mol. The summed E-state index contributed by atoms with van der Waals surface area (Å²) in [5.41, 5.74) is 2.12. The number of halogens is 1. The van der Waals surface area contributed by atoms with Crippen molar-refractivity contribution in [3.05, 3.63) is 64.2 Å². The number of nitrogens with zero attached hydrogens (tertiary/aromatic N) is 3. The Morgan fingerprint density at radius 2 is 2.04 bits per heavy atom. The van der Waals surface area contributed by atoms with E-state index in [1.165, 1.54) is 10.9 Å². The van der Waals surface area contributed by atoms with Crippen LogP contribution in [0.15, 0.2) is 48.0 Å². The summed E-state index contributed by atoms with van der Waals surface area (Å²) >= 11 is 1.69. The highest BCUT2D eigenvalue weighted by Crippen LogP contribution is 2.26. The highest BCUT2D eigenvalue weighted by atomic mass is 32.1. The first-order valence-electron chi connectivity index (χ1n) is 7.80. The molecule has 0 aliphatic rings. The number of hydrogen-bond donors (Lipinski definition) is 1. The number of aryl methyl sites for hydroxylation is 1. The number of rotatable bonds is 7. The first-order valence-corrected chi connectivity index (χ1v) is 8.68. The number of benzene rings is 1. The van der Waals surface area contributed by atoms with Gasteiger partial charge in [-0.3, -0.25) is 9.58 Å². The molecule has 1 N–H and O–H groups in total. The maximum absolute atomic E-state index is 14.2. The molecule has 0 unspecified atom stereocenters. The van der Waals surface area contributed by atoms with E-state index in [1.807, 2.05) is 30.8 Å². The third-order valence-corrected chi connectivity index (χ3v) is 4.66. The van der Waals surface area contributed by atoms with Gasteiger partial charge in [0, 0.05) is 48.9 Å². The molecule has 2 aromatic heterocycles. The third-order valence-electron chi connectivity index (χ3n) is 3.80. The van der Waals surface area contributed by atoms with Crippen molar-refractivity contribution in [2.24, 2.45) is 7.05 Å². The van der Waals surface area contributed by atoms with E-state index in [1.54, 1.807) is 28.2 Å². The van der Waals surface area contributed by atoms with E-state index in [-0.39, 0.29) is 12.4 Å². The Morgan fingerprint density at radius 1 is 1.21 bits per heavy atom. The normalized spacial score (nSPS) is 11.3. The lowest BCUT2D eigenvalue weighted by molar-refractivity contribution is 0.185. The molecule has 3 aromatic rings. The van der Waals surface area contributed by atoms with E-state index >= 15 is 0 Å². The number of aromatic nitrogens is 2. The number of hydrogen-bond acceptors (Lipinski definition) is 4. The van der Waals surface area contributed by atoms with Gasteiger partial charge in [-0.1, -0.05) is 18.2 Å². The molecule has 0 saturated heterocycles. The third kappa shape index (κ3) is 3.90. The number of aliphatic hydroxyl groups is 1. The van der Waals surface area contributed by atoms with Crippen molar-refractivity contribution in [1.82, 2.24) is 14.7 Å². The van der Waals surface area contributed by atoms with E-state index in [0.29, 0.717) is 24.3 Å². The minimum Gasteiger partial charge on any atom is -0.395 e. The highest BCUT2D eigenvalue weighted by molar-refractivity contribution is 7.09. The van der Waals surface area contributed by atoms with Crippen LogP contribution in [0.2, 0.25) is 0 Å². The second-order valence-electron chi connectivity index (χ2n) is 5.67. The molecule has 0 spiro atoms. The molecule has 126 valence electrons. The van der Waals surface area contributed by atoms with Gasteiger partial charge in [0.25, 0.3) is 0 Å². The van der Waals surface area contributed by atoms with E-state index in [0.717, 1.165) is 12.1 Å². The zero-order chi connectivity index (χ0) is 16.9. The minimum atomic E-state index is -0.274. The SMILES string of the molecule is Cn1cc(CN(CCO)Cc2cccs2)c(-c2ccccc2F)n1. The molecule has 6 heteroatoms. The highest BCUT2D eigenvalue weighted by Gasteiger charge is 2.17. The molecular weight excluding hydrogens is 325 g/mol. The summed E-state index contributed by atoms with van der Waals surface area (Å²) in [6.07, 6.45) is 1.92. The van der Waals surface area contributed by atoms with Gasteiger partial charge in [-0.15, -0.1) is 11.3 Å². The van der Waals surface area contributed by atoms with E-state index in [9.17, 15) is 9.50 Å². The van der Waals surface area contributed by atoms with Crippen molar-refractivity contribution in [3.63, 3.8) is 0 Å². The van der Waals surface area contributed by atoms with E-state index < -0.39 is 0 Å². The Hall–Kier alpha value is -2.02. The van der Waals surface area contributed by atoms with Gasteiger partial charge in [0.1, 0.15) is 5.82 Å². The molecule has 0 bridgehead atoms. The van der Waals surface area contributed by atoms with Gasteiger partial charge < -0.3 is 5.11 Å². The van der Waals surface area contributed by atoms with Crippen LogP contribution in [0.3, 0.4) is 0 Å². The molecule has 2 heterocycles. The fraction of sp³-hybridized carbons (Fsp3) is 0.278. The van der Waals surface area contributed by atoms with Crippen LogP contribution >= 0.6 is 11.3 Å². The average Bonchev–Trinajstić information content (AvgIpc) is 3.18. The lowest BCUT2D eigenvalue weighted by Gasteiger charge is -2.20. The van der Waals surface area contributed by atoms with Crippen LogP contribution in [0.1, 0.15) is 10.4 Å². The Morgan fingerprint density at radius 3 is 2.75 bits per heavy atom. The first kappa shape index (κ1) is 16.8. The lowest BCUT2D eigenvalue weighted by atomic mass is 10.1. The Bertz CT molecular complexity index is 785. The lowest BCUT2D eigenvalue weighted by Crippen LogP contribution is -2.25. The van der Waals surface area contributed by atoms with Crippen molar-refractivity contribution in [2.45, 2.75) is 13.1 Å². The number of aliphatic hydroxyl groups excluding tert-OH is 1. The van der Waals surface area contributed by atoms with Crippen LogP contribution in [-0.4, -0.2) is 32.9 Å². The van der Waals surface area contributed by atoms with Crippen LogP contribution in [-0.2, 0) is 20.1 Å². The number of thiophene rings is 1. The summed E-state index contributed by atoms with van der Waals surface area (Å²) in [6, 6.07) is 10.8. The van der Waals surface area contributed by atoms with E-state index in [4.69, 9.17) is 0 Å². The maximum atomic E-state index is 14.2. The standard InChI is InChI=1S/C18H20FN3OS/c1-21-11-14(18(20-21)16-6-2-3-7-17(16)19)12-22(8-9-23)13-15-5-4-10-24-15/h2-7,10-11,23H,8-9,12-13H2,1H3. The largest absolute Gasteiger partial charge is 0.395 e. The molecule has 3 rings (SSSR count). The zero-order valence-corrected chi connectivity index (χ0v) is 14.3. The summed E-state index contributed by atoms with van der Waals surface area (Å²) in [4.78, 5) is 3.38. The summed E-state index contributed by atoms with van der Waals surface area (Å²) in [5.74, 6) is -0.274. The molecule has 4 nitrogen and oxygen atoms in total.